The highest BCUT2D eigenvalue weighted by molar-refractivity contribution is 6.32. The van der Waals surface area contributed by atoms with E-state index >= 15 is 8.78 Å². The van der Waals surface area contributed by atoms with Crippen molar-refractivity contribution in [1.82, 2.24) is 4.90 Å². The molecular weight excluding hydrogens is 437 g/mol. The Morgan fingerprint density at radius 1 is 1.10 bits per heavy atom. The smallest absolute Gasteiger partial charge is 0.351 e. The van der Waals surface area contributed by atoms with E-state index in [0.717, 1.165) is 11.0 Å². The topological polar surface area (TPSA) is 60.9 Å². The summed E-state index contributed by atoms with van der Waals surface area (Å²) in [6.07, 6.45) is -0.129. The highest BCUT2D eigenvalue weighted by Crippen LogP contribution is 2.37. The van der Waals surface area contributed by atoms with Crippen LogP contribution in [-0.2, 0) is 10.7 Å². The molecule has 5 nitrogen and oxygen atoms in total. The number of alkyl halides is 2. The average Bonchev–Trinajstić information content (AvgIpc) is 2.73. The number of benzene rings is 2. The number of hydrogen-bond acceptors (Lipinski definition) is 3. The molecule has 9 heteroatoms. The molecule has 1 heterocycles. The molecule has 160 valence electrons. The van der Waals surface area contributed by atoms with E-state index in [-0.39, 0.29) is 36.5 Å². The number of aliphatic hydroxyl groups is 1. The van der Waals surface area contributed by atoms with Crippen molar-refractivity contribution in [3.8, 4) is 0 Å². The molecule has 1 fully saturated rings. The van der Waals surface area contributed by atoms with Gasteiger partial charge in [0.25, 0.3) is 11.8 Å². The number of aliphatic hydroxyl groups excluding tert-OH is 1. The molecule has 1 aliphatic heterocycles. The number of amides is 2. The first-order valence-electron chi connectivity index (χ1n) is 9.30. The van der Waals surface area contributed by atoms with Gasteiger partial charge in [-0.3, -0.25) is 9.59 Å². The number of rotatable bonds is 4. The summed E-state index contributed by atoms with van der Waals surface area (Å²) >= 11 is 11.8. The highest BCUT2D eigenvalue weighted by Gasteiger charge is 2.46. The maximum Gasteiger partial charge on any atom is 0.351 e. The zero-order valence-electron chi connectivity index (χ0n) is 16.1. The standard InChI is InChI=1S/C21H20Cl2F2N2O3/c1-26(15-5-3-14(22)4-6-15)19(29)13-2-7-18(23)17(12-13)21(24,25)20(30)27-10-8-16(28)9-11-27/h2-7,12,16,28H,8-11H2,1H3. The third-order valence-corrected chi connectivity index (χ3v) is 5.67. The quantitative estimate of drug-likeness (QED) is 0.743. The summed E-state index contributed by atoms with van der Waals surface area (Å²) in [6.45, 7) is 0.0657. The number of likely N-dealkylation sites (tertiary alicyclic amines) is 1. The maximum absolute atomic E-state index is 15.0. The molecule has 30 heavy (non-hydrogen) atoms. The lowest BCUT2D eigenvalue weighted by molar-refractivity contribution is -0.161. The van der Waals surface area contributed by atoms with Gasteiger partial charge < -0.3 is 14.9 Å². The van der Waals surface area contributed by atoms with Gasteiger partial charge in [0.05, 0.1) is 16.7 Å². The van der Waals surface area contributed by atoms with Crippen molar-refractivity contribution < 1.29 is 23.5 Å². The Bertz CT molecular complexity index is 946. The van der Waals surface area contributed by atoms with Gasteiger partial charge in [0.2, 0.25) is 0 Å². The summed E-state index contributed by atoms with van der Waals surface area (Å²) in [7, 11) is 1.50. The van der Waals surface area contributed by atoms with E-state index in [4.69, 9.17) is 23.2 Å². The number of anilines is 1. The molecule has 2 aromatic carbocycles. The minimum Gasteiger partial charge on any atom is -0.393 e. The summed E-state index contributed by atoms with van der Waals surface area (Å²) < 4.78 is 30.1. The average molecular weight is 457 g/mol. The normalized spacial score (nSPS) is 15.2. The maximum atomic E-state index is 15.0. The molecule has 2 amide bonds. The Balaban J connectivity index is 1.87. The lowest BCUT2D eigenvalue weighted by Crippen LogP contribution is -2.47. The van der Waals surface area contributed by atoms with Gasteiger partial charge in [-0.2, -0.15) is 8.78 Å². The van der Waals surface area contributed by atoms with Gasteiger partial charge in [-0.05, 0) is 55.3 Å². The van der Waals surface area contributed by atoms with Crippen LogP contribution in [0.25, 0.3) is 0 Å². The molecule has 0 aliphatic carbocycles. The molecule has 1 N–H and O–H groups in total. The van der Waals surface area contributed by atoms with Crippen LogP contribution >= 0.6 is 23.2 Å². The zero-order chi connectivity index (χ0) is 22.1. The molecular formula is C21H20Cl2F2N2O3. The Kier molecular flexibility index (Phi) is 6.65. The van der Waals surface area contributed by atoms with Crippen LogP contribution in [0.15, 0.2) is 42.5 Å². The van der Waals surface area contributed by atoms with E-state index in [1.54, 1.807) is 24.3 Å². The predicted octanol–water partition coefficient (Wildman–Crippen LogP) is 4.35. The molecule has 0 unspecified atom stereocenters. The van der Waals surface area contributed by atoms with Crippen LogP contribution < -0.4 is 4.90 Å². The van der Waals surface area contributed by atoms with Gasteiger partial charge >= 0.3 is 5.92 Å². The summed E-state index contributed by atoms with van der Waals surface area (Å²) in [5, 5.41) is 9.72. The SMILES string of the molecule is CN(C(=O)c1ccc(Cl)c(C(F)(F)C(=O)N2CCC(O)CC2)c1)c1ccc(Cl)cc1. The Morgan fingerprint density at radius 2 is 1.70 bits per heavy atom. The lowest BCUT2D eigenvalue weighted by atomic mass is 10.0. The van der Waals surface area contributed by atoms with Crippen molar-refractivity contribution in [2.45, 2.75) is 24.9 Å². The lowest BCUT2D eigenvalue weighted by Gasteiger charge is -2.32. The van der Waals surface area contributed by atoms with Gasteiger partial charge in [-0.15, -0.1) is 0 Å². The van der Waals surface area contributed by atoms with Crippen molar-refractivity contribution in [3.63, 3.8) is 0 Å². The summed E-state index contributed by atoms with van der Waals surface area (Å²) in [6, 6.07) is 9.93. The second kappa shape index (κ2) is 8.88. The minimum atomic E-state index is -3.91. The fraction of sp³-hybridized carbons (Fsp3) is 0.333. The molecule has 0 atom stereocenters. The molecule has 1 aliphatic rings. The van der Waals surface area contributed by atoms with Crippen LogP contribution in [0.5, 0.6) is 0 Å². The van der Waals surface area contributed by atoms with Crippen molar-refractivity contribution in [2.24, 2.45) is 0 Å². The molecule has 2 aromatic rings. The van der Waals surface area contributed by atoms with Crippen LogP contribution in [0.2, 0.25) is 10.0 Å². The monoisotopic (exact) mass is 456 g/mol. The number of carbonyl (C=O) groups is 2. The minimum absolute atomic E-state index is 0.0329. The fourth-order valence-electron chi connectivity index (χ4n) is 3.26. The van der Waals surface area contributed by atoms with Gasteiger partial charge in [0.1, 0.15) is 0 Å². The highest BCUT2D eigenvalue weighted by atomic mass is 35.5. The first-order chi connectivity index (χ1) is 14.1. The third kappa shape index (κ3) is 4.58. The van der Waals surface area contributed by atoms with Crippen LogP contribution in [0.1, 0.15) is 28.8 Å². The van der Waals surface area contributed by atoms with Crippen LogP contribution in [0, 0.1) is 0 Å². The van der Waals surface area contributed by atoms with E-state index in [9.17, 15) is 14.7 Å². The van der Waals surface area contributed by atoms with Crippen LogP contribution in [-0.4, -0.2) is 48.1 Å². The number of nitrogens with zero attached hydrogens (tertiary/aromatic N) is 2. The van der Waals surface area contributed by atoms with Crippen molar-refractivity contribution >= 4 is 40.7 Å². The van der Waals surface area contributed by atoms with Gasteiger partial charge in [0.15, 0.2) is 0 Å². The summed E-state index contributed by atoms with van der Waals surface area (Å²) in [5.41, 5.74) is -0.236. The molecule has 0 bridgehead atoms. The van der Waals surface area contributed by atoms with Gasteiger partial charge in [0, 0.05) is 36.4 Å². The Labute approximate surface area is 182 Å². The second-order valence-corrected chi connectivity index (χ2v) is 7.98. The molecule has 0 radical (unpaired) electrons. The Hall–Kier alpha value is -2.22. The molecule has 0 aromatic heterocycles. The number of halogens is 4. The molecule has 0 saturated carbocycles. The third-order valence-electron chi connectivity index (χ3n) is 5.09. The van der Waals surface area contributed by atoms with Crippen molar-refractivity contribution in [2.75, 3.05) is 25.0 Å². The van der Waals surface area contributed by atoms with E-state index in [1.165, 1.54) is 24.1 Å². The number of carbonyl (C=O) groups excluding carboxylic acids is 2. The van der Waals surface area contributed by atoms with Gasteiger partial charge in [-0.25, -0.2) is 0 Å². The molecule has 1 saturated heterocycles. The predicted molar refractivity (Wildman–Crippen MR) is 111 cm³/mol. The number of hydrogen-bond donors (Lipinski definition) is 1. The zero-order valence-corrected chi connectivity index (χ0v) is 17.6. The van der Waals surface area contributed by atoms with E-state index in [0.29, 0.717) is 10.7 Å². The van der Waals surface area contributed by atoms with E-state index in [2.05, 4.69) is 0 Å². The van der Waals surface area contributed by atoms with Crippen molar-refractivity contribution in [1.29, 1.82) is 0 Å². The largest absolute Gasteiger partial charge is 0.393 e. The van der Waals surface area contributed by atoms with Crippen molar-refractivity contribution in [3.05, 3.63) is 63.6 Å². The second-order valence-electron chi connectivity index (χ2n) is 7.13. The van der Waals surface area contributed by atoms with Gasteiger partial charge in [-0.1, -0.05) is 23.2 Å². The summed E-state index contributed by atoms with van der Waals surface area (Å²) in [4.78, 5) is 27.6. The molecule has 3 rings (SSSR count). The van der Waals surface area contributed by atoms with E-state index < -0.39 is 29.4 Å². The fourth-order valence-corrected chi connectivity index (χ4v) is 3.62. The van der Waals surface area contributed by atoms with Crippen LogP contribution in [0.4, 0.5) is 14.5 Å². The van der Waals surface area contributed by atoms with E-state index in [1.807, 2.05) is 0 Å². The first-order valence-corrected chi connectivity index (χ1v) is 10.1. The molecule has 0 spiro atoms. The first kappa shape index (κ1) is 22.5. The van der Waals surface area contributed by atoms with Crippen LogP contribution in [0.3, 0.4) is 0 Å². The summed E-state index contributed by atoms with van der Waals surface area (Å²) in [5.74, 6) is -5.85. The number of piperidine rings is 1. The Morgan fingerprint density at radius 3 is 2.30 bits per heavy atom.